The molecule has 1 aromatic carbocycles. The van der Waals surface area contributed by atoms with E-state index in [1.807, 2.05) is 31.2 Å². The lowest BCUT2D eigenvalue weighted by Crippen LogP contribution is -1.93. The van der Waals surface area contributed by atoms with Crippen LogP contribution in [-0.4, -0.2) is 17.3 Å². The SMILES string of the molecule is COc1nnc(-c2cccc(C)c2)cc1Cl. The zero-order valence-electron chi connectivity index (χ0n) is 9.07. The highest BCUT2D eigenvalue weighted by atomic mass is 35.5. The van der Waals surface area contributed by atoms with Gasteiger partial charge in [0.1, 0.15) is 5.02 Å². The van der Waals surface area contributed by atoms with Crippen LogP contribution in [0.3, 0.4) is 0 Å². The molecule has 0 aliphatic heterocycles. The quantitative estimate of drug-likeness (QED) is 0.801. The van der Waals surface area contributed by atoms with Crippen LogP contribution in [-0.2, 0) is 0 Å². The van der Waals surface area contributed by atoms with Crippen LogP contribution in [0.25, 0.3) is 11.3 Å². The van der Waals surface area contributed by atoms with Gasteiger partial charge in [-0.15, -0.1) is 10.2 Å². The molecule has 16 heavy (non-hydrogen) atoms. The van der Waals surface area contributed by atoms with Gasteiger partial charge in [-0.05, 0) is 19.1 Å². The standard InChI is InChI=1S/C12H11ClN2O/c1-8-4-3-5-9(6-8)11-7-10(13)12(16-2)15-14-11/h3-7H,1-2H3. The summed E-state index contributed by atoms with van der Waals surface area (Å²) in [6.07, 6.45) is 0. The Kier molecular flexibility index (Phi) is 3.06. The largest absolute Gasteiger partial charge is 0.479 e. The van der Waals surface area contributed by atoms with E-state index in [1.54, 1.807) is 6.07 Å². The zero-order chi connectivity index (χ0) is 11.5. The molecule has 0 fully saturated rings. The van der Waals surface area contributed by atoms with E-state index in [2.05, 4.69) is 10.2 Å². The van der Waals surface area contributed by atoms with E-state index in [9.17, 15) is 0 Å². The first-order chi connectivity index (χ1) is 7.70. The summed E-state index contributed by atoms with van der Waals surface area (Å²) in [6, 6.07) is 9.77. The topological polar surface area (TPSA) is 35.0 Å². The van der Waals surface area contributed by atoms with E-state index >= 15 is 0 Å². The van der Waals surface area contributed by atoms with E-state index in [-0.39, 0.29) is 0 Å². The van der Waals surface area contributed by atoms with Crippen molar-refractivity contribution in [2.75, 3.05) is 7.11 Å². The molecule has 0 bridgehead atoms. The van der Waals surface area contributed by atoms with E-state index in [1.165, 1.54) is 12.7 Å². The molecule has 0 aliphatic carbocycles. The molecule has 4 heteroatoms. The molecule has 0 N–H and O–H groups in total. The number of benzene rings is 1. The van der Waals surface area contributed by atoms with Crippen molar-refractivity contribution < 1.29 is 4.74 Å². The Morgan fingerprint density at radius 3 is 2.62 bits per heavy atom. The van der Waals surface area contributed by atoms with Gasteiger partial charge in [0.2, 0.25) is 0 Å². The first-order valence-electron chi connectivity index (χ1n) is 4.85. The molecular formula is C12H11ClN2O. The number of methoxy groups -OCH3 is 1. The highest BCUT2D eigenvalue weighted by molar-refractivity contribution is 6.32. The van der Waals surface area contributed by atoms with Gasteiger partial charge in [-0.1, -0.05) is 35.4 Å². The van der Waals surface area contributed by atoms with Crippen LogP contribution in [0.15, 0.2) is 30.3 Å². The molecule has 0 amide bonds. The summed E-state index contributed by atoms with van der Waals surface area (Å²) in [6.45, 7) is 2.03. The fourth-order valence-electron chi connectivity index (χ4n) is 1.44. The van der Waals surface area contributed by atoms with Crippen LogP contribution in [0.1, 0.15) is 5.56 Å². The number of aromatic nitrogens is 2. The summed E-state index contributed by atoms with van der Waals surface area (Å²) >= 11 is 5.99. The van der Waals surface area contributed by atoms with Crippen molar-refractivity contribution in [1.29, 1.82) is 0 Å². The third-order valence-corrected chi connectivity index (χ3v) is 2.49. The average molecular weight is 235 g/mol. The van der Waals surface area contributed by atoms with Crippen LogP contribution in [0.4, 0.5) is 0 Å². The lowest BCUT2D eigenvalue weighted by atomic mass is 10.1. The molecule has 0 atom stereocenters. The molecule has 0 unspecified atom stereocenters. The van der Waals surface area contributed by atoms with E-state index in [0.29, 0.717) is 10.9 Å². The number of nitrogens with zero attached hydrogens (tertiary/aromatic N) is 2. The van der Waals surface area contributed by atoms with Crippen molar-refractivity contribution in [3.05, 3.63) is 40.9 Å². The van der Waals surface area contributed by atoms with E-state index < -0.39 is 0 Å². The van der Waals surface area contributed by atoms with Gasteiger partial charge in [0.25, 0.3) is 5.88 Å². The maximum absolute atomic E-state index is 5.99. The summed E-state index contributed by atoms with van der Waals surface area (Å²) in [5.41, 5.74) is 2.91. The van der Waals surface area contributed by atoms with Gasteiger partial charge in [-0.25, -0.2) is 0 Å². The Hall–Kier alpha value is -1.61. The Labute approximate surface area is 99.0 Å². The summed E-state index contributed by atoms with van der Waals surface area (Å²) in [5.74, 6) is 0.345. The molecule has 2 rings (SSSR count). The minimum atomic E-state index is 0.345. The molecule has 0 aliphatic rings. The first-order valence-corrected chi connectivity index (χ1v) is 5.23. The van der Waals surface area contributed by atoms with Gasteiger partial charge < -0.3 is 4.74 Å². The average Bonchev–Trinajstić information content (AvgIpc) is 2.29. The highest BCUT2D eigenvalue weighted by Crippen LogP contribution is 2.25. The maximum Gasteiger partial charge on any atom is 0.252 e. The van der Waals surface area contributed by atoms with Crippen LogP contribution in [0, 0.1) is 6.92 Å². The fourth-order valence-corrected chi connectivity index (χ4v) is 1.66. The predicted molar refractivity (Wildman–Crippen MR) is 63.8 cm³/mol. The highest BCUT2D eigenvalue weighted by Gasteiger charge is 2.06. The van der Waals surface area contributed by atoms with Crippen LogP contribution >= 0.6 is 11.6 Å². The molecule has 0 saturated heterocycles. The zero-order valence-corrected chi connectivity index (χ0v) is 9.82. The number of ether oxygens (including phenoxy) is 1. The van der Waals surface area contributed by atoms with Gasteiger partial charge in [0.05, 0.1) is 12.8 Å². The molecular weight excluding hydrogens is 224 g/mol. The normalized spacial score (nSPS) is 10.2. The Morgan fingerprint density at radius 2 is 2.00 bits per heavy atom. The van der Waals surface area contributed by atoms with Gasteiger partial charge in [-0.3, -0.25) is 0 Å². The van der Waals surface area contributed by atoms with Crippen molar-refractivity contribution in [3.63, 3.8) is 0 Å². The van der Waals surface area contributed by atoms with Gasteiger partial charge in [-0.2, -0.15) is 0 Å². The van der Waals surface area contributed by atoms with Gasteiger partial charge >= 0.3 is 0 Å². The number of hydrogen-bond donors (Lipinski definition) is 0. The van der Waals surface area contributed by atoms with Gasteiger partial charge in [0.15, 0.2) is 0 Å². The van der Waals surface area contributed by atoms with Crippen molar-refractivity contribution in [2.45, 2.75) is 6.92 Å². The molecule has 1 aromatic heterocycles. The molecule has 0 radical (unpaired) electrons. The second-order valence-corrected chi connectivity index (χ2v) is 3.86. The lowest BCUT2D eigenvalue weighted by Gasteiger charge is -2.04. The number of rotatable bonds is 2. The van der Waals surface area contributed by atoms with Gasteiger partial charge in [0, 0.05) is 5.56 Å². The van der Waals surface area contributed by atoms with Crippen LogP contribution in [0.2, 0.25) is 5.02 Å². The van der Waals surface area contributed by atoms with E-state index in [4.69, 9.17) is 16.3 Å². The summed E-state index contributed by atoms with van der Waals surface area (Å²) in [5, 5.41) is 8.43. The third-order valence-electron chi connectivity index (χ3n) is 2.22. The lowest BCUT2D eigenvalue weighted by molar-refractivity contribution is 0.392. The molecule has 3 nitrogen and oxygen atoms in total. The minimum absolute atomic E-state index is 0.345. The maximum atomic E-state index is 5.99. The van der Waals surface area contributed by atoms with Crippen LogP contribution in [0.5, 0.6) is 5.88 Å². The third kappa shape index (κ3) is 2.14. The number of hydrogen-bond acceptors (Lipinski definition) is 3. The second-order valence-electron chi connectivity index (χ2n) is 3.46. The monoisotopic (exact) mass is 234 g/mol. The molecule has 0 spiro atoms. The minimum Gasteiger partial charge on any atom is -0.479 e. The van der Waals surface area contributed by atoms with Crippen molar-refractivity contribution in [3.8, 4) is 17.1 Å². The van der Waals surface area contributed by atoms with Crippen molar-refractivity contribution in [1.82, 2.24) is 10.2 Å². The number of halogens is 1. The molecule has 0 saturated carbocycles. The Morgan fingerprint density at radius 1 is 1.19 bits per heavy atom. The first kappa shape index (κ1) is 10.9. The molecule has 2 aromatic rings. The Bertz CT molecular complexity index is 514. The second kappa shape index (κ2) is 4.49. The predicted octanol–water partition coefficient (Wildman–Crippen LogP) is 3.11. The summed E-state index contributed by atoms with van der Waals surface area (Å²) in [7, 11) is 1.52. The van der Waals surface area contributed by atoms with E-state index in [0.717, 1.165) is 11.3 Å². The summed E-state index contributed by atoms with van der Waals surface area (Å²) in [4.78, 5) is 0. The smallest absolute Gasteiger partial charge is 0.252 e. The van der Waals surface area contributed by atoms with Crippen molar-refractivity contribution in [2.24, 2.45) is 0 Å². The van der Waals surface area contributed by atoms with Crippen molar-refractivity contribution >= 4 is 11.6 Å². The fraction of sp³-hybridized carbons (Fsp3) is 0.167. The van der Waals surface area contributed by atoms with Crippen LogP contribution < -0.4 is 4.74 Å². The number of aryl methyl sites for hydroxylation is 1. The Balaban J connectivity index is 2.45. The summed E-state index contributed by atoms with van der Waals surface area (Å²) < 4.78 is 4.95. The molecule has 82 valence electrons. The molecule has 1 heterocycles.